The Hall–Kier alpha value is -3.27. The summed E-state index contributed by atoms with van der Waals surface area (Å²) in [6.07, 6.45) is -2.59. The van der Waals surface area contributed by atoms with Crippen molar-refractivity contribution in [2.45, 2.75) is 19.1 Å². The number of nitrogens with zero attached hydrogens (tertiary/aromatic N) is 3. The minimum Gasteiger partial charge on any atom is -0.454 e. The van der Waals surface area contributed by atoms with Crippen molar-refractivity contribution >= 4 is 17.3 Å². The molecule has 0 amide bonds. The van der Waals surface area contributed by atoms with Crippen LogP contribution in [-0.2, 0) is 6.18 Å². The highest BCUT2D eigenvalue weighted by atomic mass is 35.5. The Labute approximate surface area is 173 Å². The van der Waals surface area contributed by atoms with Gasteiger partial charge in [0.25, 0.3) is 5.56 Å². The maximum atomic E-state index is 12.7. The summed E-state index contributed by atoms with van der Waals surface area (Å²) in [6.45, 7) is 2.02. The van der Waals surface area contributed by atoms with E-state index in [1.165, 1.54) is 6.20 Å². The van der Waals surface area contributed by atoms with E-state index in [0.717, 1.165) is 22.4 Å². The first-order valence-corrected chi connectivity index (χ1v) is 9.09. The van der Waals surface area contributed by atoms with Gasteiger partial charge in [-0.05, 0) is 36.8 Å². The number of ether oxygens (including phenoxy) is 2. The average Bonchev–Trinajstić information content (AvgIpc) is 3.19. The van der Waals surface area contributed by atoms with Gasteiger partial charge in [0.1, 0.15) is 5.02 Å². The number of aromatic nitrogens is 3. The molecule has 1 atom stereocenters. The Kier molecular flexibility index (Phi) is 5.02. The van der Waals surface area contributed by atoms with Crippen LogP contribution >= 0.6 is 11.6 Å². The van der Waals surface area contributed by atoms with Crippen molar-refractivity contribution in [2.75, 3.05) is 12.1 Å². The van der Waals surface area contributed by atoms with Crippen LogP contribution in [0, 0.1) is 0 Å². The molecule has 0 radical (unpaired) electrons. The summed E-state index contributed by atoms with van der Waals surface area (Å²) >= 11 is 6.19. The number of rotatable bonds is 4. The third kappa shape index (κ3) is 3.78. The molecule has 156 valence electrons. The van der Waals surface area contributed by atoms with E-state index < -0.39 is 17.3 Å². The van der Waals surface area contributed by atoms with E-state index in [-0.39, 0.29) is 29.4 Å². The Morgan fingerprint density at radius 1 is 1.17 bits per heavy atom. The average molecular weight is 439 g/mol. The molecule has 7 nitrogen and oxygen atoms in total. The molecule has 11 heteroatoms. The number of nitrogens with one attached hydrogen (secondary N) is 1. The zero-order valence-electron chi connectivity index (χ0n) is 15.4. The highest BCUT2D eigenvalue weighted by Crippen LogP contribution is 2.35. The molecule has 1 aromatic carbocycles. The van der Waals surface area contributed by atoms with Crippen molar-refractivity contribution in [1.29, 1.82) is 0 Å². The SMILES string of the molecule is CC(Nc1cnn(-c2ccc(C(F)(F)F)cn2)c(=O)c1Cl)c1ccc2c(c1)OCO2. The second kappa shape index (κ2) is 7.52. The van der Waals surface area contributed by atoms with Crippen LogP contribution < -0.4 is 20.3 Å². The van der Waals surface area contributed by atoms with Crippen LogP contribution in [0.5, 0.6) is 11.5 Å². The molecule has 1 aliphatic heterocycles. The Morgan fingerprint density at radius 2 is 1.93 bits per heavy atom. The van der Waals surface area contributed by atoms with Gasteiger partial charge in [-0.3, -0.25) is 4.79 Å². The second-order valence-corrected chi connectivity index (χ2v) is 6.85. The number of hydrogen-bond acceptors (Lipinski definition) is 6. The molecular formula is C19H14ClF3N4O3. The fourth-order valence-electron chi connectivity index (χ4n) is 2.87. The lowest BCUT2D eigenvalue weighted by Gasteiger charge is -2.17. The monoisotopic (exact) mass is 438 g/mol. The van der Waals surface area contributed by atoms with Gasteiger partial charge in [0, 0.05) is 12.2 Å². The number of halogens is 4. The standard InChI is InChI=1S/C19H14ClF3N4O3/c1-10(11-2-4-14-15(6-11)30-9-29-14)26-13-8-25-27(18(28)17(13)20)16-5-3-12(7-24-16)19(21,22)23/h2-8,10,26H,9H2,1H3. The van der Waals surface area contributed by atoms with E-state index in [0.29, 0.717) is 17.7 Å². The van der Waals surface area contributed by atoms with E-state index in [1.54, 1.807) is 6.07 Å². The number of pyridine rings is 1. The van der Waals surface area contributed by atoms with E-state index in [4.69, 9.17) is 21.1 Å². The zero-order valence-corrected chi connectivity index (χ0v) is 16.2. The molecule has 2 aromatic heterocycles. The molecule has 1 aliphatic rings. The molecule has 0 fully saturated rings. The van der Waals surface area contributed by atoms with Gasteiger partial charge in [0.05, 0.1) is 17.4 Å². The molecule has 1 unspecified atom stereocenters. The topological polar surface area (TPSA) is 78.3 Å². The molecule has 4 rings (SSSR count). The molecule has 3 heterocycles. The van der Waals surface area contributed by atoms with Crippen molar-refractivity contribution in [1.82, 2.24) is 14.8 Å². The second-order valence-electron chi connectivity index (χ2n) is 6.47. The van der Waals surface area contributed by atoms with E-state index in [1.807, 2.05) is 19.1 Å². The van der Waals surface area contributed by atoms with Crippen LogP contribution in [0.2, 0.25) is 5.02 Å². The van der Waals surface area contributed by atoms with Crippen LogP contribution in [0.25, 0.3) is 5.82 Å². The maximum absolute atomic E-state index is 12.7. The van der Waals surface area contributed by atoms with Crippen LogP contribution in [0.4, 0.5) is 18.9 Å². The van der Waals surface area contributed by atoms with Gasteiger partial charge in [0.15, 0.2) is 17.3 Å². The summed E-state index contributed by atoms with van der Waals surface area (Å²) in [6, 6.07) is 7.06. The predicted molar refractivity (Wildman–Crippen MR) is 102 cm³/mol. The molecule has 0 saturated carbocycles. The molecule has 0 bridgehead atoms. The Morgan fingerprint density at radius 3 is 2.63 bits per heavy atom. The van der Waals surface area contributed by atoms with Gasteiger partial charge in [-0.1, -0.05) is 17.7 Å². The molecule has 1 N–H and O–H groups in total. The first-order chi connectivity index (χ1) is 14.2. The summed E-state index contributed by atoms with van der Waals surface area (Å²) in [5.74, 6) is 1.19. The zero-order chi connectivity index (χ0) is 21.5. The number of anilines is 1. The third-order valence-electron chi connectivity index (χ3n) is 4.48. The fourth-order valence-corrected chi connectivity index (χ4v) is 3.06. The lowest BCUT2D eigenvalue weighted by Crippen LogP contribution is -2.24. The highest BCUT2D eigenvalue weighted by Gasteiger charge is 2.30. The van der Waals surface area contributed by atoms with Crippen LogP contribution in [0.3, 0.4) is 0 Å². The predicted octanol–water partition coefficient (Wildman–Crippen LogP) is 4.20. The van der Waals surface area contributed by atoms with Gasteiger partial charge in [-0.25, -0.2) is 4.98 Å². The van der Waals surface area contributed by atoms with Gasteiger partial charge < -0.3 is 14.8 Å². The smallest absolute Gasteiger partial charge is 0.417 e. The number of benzene rings is 1. The van der Waals surface area contributed by atoms with Crippen LogP contribution in [0.1, 0.15) is 24.1 Å². The molecule has 0 aliphatic carbocycles. The number of alkyl halides is 3. The van der Waals surface area contributed by atoms with Gasteiger partial charge in [-0.15, -0.1) is 0 Å². The molecule has 3 aromatic rings. The number of fused-ring (bicyclic) bond motifs is 1. The molecule has 0 saturated heterocycles. The summed E-state index contributed by atoms with van der Waals surface area (Å²) in [7, 11) is 0. The van der Waals surface area contributed by atoms with E-state index in [9.17, 15) is 18.0 Å². The van der Waals surface area contributed by atoms with E-state index >= 15 is 0 Å². The Balaban J connectivity index is 1.58. The quantitative estimate of drug-likeness (QED) is 0.657. The lowest BCUT2D eigenvalue weighted by molar-refractivity contribution is -0.137. The summed E-state index contributed by atoms with van der Waals surface area (Å²) in [5.41, 5.74) is -0.507. The summed E-state index contributed by atoms with van der Waals surface area (Å²) < 4.78 is 49.5. The van der Waals surface area contributed by atoms with Crippen LogP contribution in [0.15, 0.2) is 47.5 Å². The van der Waals surface area contributed by atoms with Crippen molar-refractivity contribution < 1.29 is 22.6 Å². The third-order valence-corrected chi connectivity index (χ3v) is 4.85. The fraction of sp³-hybridized carbons (Fsp3) is 0.211. The van der Waals surface area contributed by atoms with Gasteiger partial charge >= 0.3 is 6.18 Å². The number of hydrogen-bond donors (Lipinski definition) is 1. The first-order valence-electron chi connectivity index (χ1n) is 8.71. The van der Waals surface area contributed by atoms with Crippen molar-refractivity contribution in [2.24, 2.45) is 0 Å². The largest absolute Gasteiger partial charge is 0.454 e. The van der Waals surface area contributed by atoms with E-state index in [2.05, 4.69) is 15.4 Å². The highest BCUT2D eigenvalue weighted by molar-refractivity contribution is 6.32. The maximum Gasteiger partial charge on any atom is 0.417 e. The van der Waals surface area contributed by atoms with Gasteiger partial charge in [-0.2, -0.15) is 23.0 Å². The summed E-state index contributed by atoms with van der Waals surface area (Å²) in [4.78, 5) is 16.2. The summed E-state index contributed by atoms with van der Waals surface area (Å²) in [5, 5.41) is 6.90. The van der Waals surface area contributed by atoms with Crippen LogP contribution in [-0.4, -0.2) is 21.6 Å². The van der Waals surface area contributed by atoms with Crippen molar-refractivity contribution in [3.8, 4) is 17.3 Å². The molecule has 30 heavy (non-hydrogen) atoms. The minimum absolute atomic E-state index is 0.0785. The van der Waals surface area contributed by atoms with Gasteiger partial charge in [0.2, 0.25) is 6.79 Å². The minimum atomic E-state index is -4.53. The first kappa shape index (κ1) is 20.0. The molecule has 0 spiro atoms. The van der Waals surface area contributed by atoms with Crippen molar-refractivity contribution in [3.63, 3.8) is 0 Å². The normalized spacial score (nSPS) is 13.9. The Bertz CT molecular complexity index is 1150. The van der Waals surface area contributed by atoms with Crippen molar-refractivity contribution in [3.05, 3.63) is 69.2 Å². The lowest BCUT2D eigenvalue weighted by atomic mass is 10.1. The molecular weight excluding hydrogens is 425 g/mol.